The first kappa shape index (κ1) is 17.2. The third-order valence-electron chi connectivity index (χ3n) is 4.93. The number of para-hydroxylation sites is 1. The summed E-state index contributed by atoms with van der Waals surface area (Å²) in [6, 6.07) is 21.2. The molecule has 1 atom stereocenters. The van der Waals surface area contributed by atoms with Gasteiger partial charge in [0, 0.05) is 17.1 Å². The van der Waals surface area contributed by atoms with E-state index >= 15 is 0 Å². The fourth-order valence-corrected chi connectivity index (χ4v) is 3.44. The Bertz CT molecular complexity index is 1290. The van der Waals surface area contributed by atoms with Gasteiger partial charge in [-0.25, -0.2) is 9.50 Å². The van der Waals surface area contributed by atoms with Crippen molar-refractivity contribution in [2.24, 2.45) is 0 Å². The number of aromatic nitrogens is 3. The Balaban J connectivity index is 1.45. The fraction of sp³-hybridized carbons (Fsp3) is 0.0870. The number of fused-ring (bicyclic) bond motifs is 2. The highest BCUT2D eigenvalue weighted by atomic mass is 16.3. The molecule has 3 aromatic heterocycles. The number of furan rings is 1. The summed E-state index contributed by atoms with van der Waals surface area (Å²) in [6.07, 6.45) is 3.24. The Morgan fingerprint density at radius 3 is 2.69 bits per heavy atom. The number of carbonyl (C=O) groups excluding carboxylic acids is 1. The van der Waals surface area contributed by atoms with E-state index in [9.17, 15) is 4.79 Å². The molecule has 0 saturated heterocycles. The van der Waals surface area contributed by atoms with Crippen molar-refractivity contribution in [3.8, 4) is 11.3 Å². The van der Waals surface area contributed by atoms with Crippen LogP contribution in [-0.4, -0.2) is 20.5 Å². The zero-order chi connectivity index (χ0) is 19.8. The topological polar surface area (TPSA) is 72.4 Å². The Labute approximate surface area is 166 Å². The SMILES string of the molecule is CC(NC(=O)c1cnn2c(-c3ccccc3)ccnc12)c1cc2ccccc2o1. The largest absolute Gasteiger partial charge is 0.459 e. The first-order valence-corrected chi connectivity index (χ1v) is 9.38. The quantitative estimate of drug-likeness (QED) is 0.492. The molecule has 5 aromatic rings. The van der Waals surface area contributed by atoms with Crippen LogP contribution in [0.1, 0.15) is 29.1 Å². The van der Waals surface area contributed by atoms with E-state index in [-0.39, 0.29) is 11.9 Å². The molecule has 0 bridgehead atoms. The minimum absolute atomic E-state index is 0.245. The lowest BCUT2D eigenvalue weighted by molar-refractivity contribution is 0.0937. The van der Waals surface area contributed by atoms with E-state index in [0.717, 1.165) is 22.2 Å². The van der Waals surface area contributed by atoms with Crippen molar-refractivity contribution >= 4 is 22.5 Å². The highest BCUT2D eigenvalue weighted by molar-refractivity contribution is 6.00. The van der Waals surface area contributed by atoms with Crippen molar-refractivity contribution in [2.45, 2.75) is 13.0 Å². The van der Waals surface area contributed by atoms with Crippen molar-refractivity contribution < 1.29 is 9.21 Å². The lowest BCUT2D eigenvalue weighted by Crippen LogP contribution is -2.26. The summed E-state index contributed by atoms with van der Waals surface area (Å²) < 4.78 is 7.55. The molecule has 142 valence electrons. The van der Waals surface area contributed by atoms with Gasteiger partial charge < -0.3 is 9.73 Å². The van der Waals surface area contributed by atoms with Crippen LogP contribution in [0, 0.1) is 0 Å². The molecule has 0 saturated carbocycles. The summed E-state index contributed by atoms with van der Waals surface area (Å²) in [5, 5.41) is 8.39. The second kappa shape index (κ2) is 6.91. The lowest BCUT2D eigenvalue weighted by Gasteiger charge is -2.10. The Kier molecular flexibility index (Phi) is 4.09. The van der Waals surface area contributed by atoms with Gasteiger partial charge in [-0.15, -0.1) is 0 Å². The zero-order valence-corrected chi connectivity index (χ0v) is 15.7. The molecule has 5 rings (SSSR count). The number of hydrogen-bond acceptors (Lipinski definition) is 4. The summed E-state index contributed by atoms with van der Waals surface area (Å²) >= 11 is 0. The van der Waals surface area contributed by atoms with Gasteiger partial charge >= 0.3 is 0 Å². The average molecular weight is 382 g/mol. The molecule has 0 radical (unpaired) electrons. The number of nitrogens with zero attached hydrogens (tertiary/aromatic N) is 3. The van der Waals surface area contributed by atoms with Gasteiger partial charge in [-0.2, -0.15) is 5.10 Å². The van der Waals surface area contributed by atoms with Gasteiger partial charge in [0.05, 0.1) is 17.9 Å². The van der Waals surface area contributed by atoms with Crippen LogP contribution in [0.2, 0.25) is 0 Å². The smallest absolute Gasteiger partial charge is 0.257 e. The summed E-state index contributed by atoms with van der Waals surface area (Å²) in [5.74, 6) is 0.458. The van der Waals surface area contributed by atoms with Crippen molar-refractivity contribution in [1.82, 2.24) is 19.9 Å². The van der Waals surface area contributed by atoms with Crippen LogP contribution < -0.4 is 5.32 Å². The van der Waals surface area contributed by atoms with E-state index in [2.05, 4.69) is 15.4 Å². The molecule has 0 aliphatic carbocycles. The predicted octanol–water partition coefficient (Wildman–Crippen LogP) is 4.63. The first-order chi connectivity index (χ1) is 14.2. The molecule has 0 spiro atoms. The van der Waals surface area contributed by atoms with E-state index in [4.69, 9.17) is 4.42 Å². The molecule has 6 nitrogen and oxygen atoms in total. The van der Waals surface area contributed by atoms with Gasteiger partial charge in [-0.1, -0.05) is 48.5 Å². The van der Waals surface area contributed by atoms with Gasteiger partial charge in [-0.05, 0) is 25.1 Å². The van der Waals surface area contributed by atoms with Gasteiger partial charge in [0.1, 0.15) is 16.9 Å². The van der Waals surface area contributed by atoms with Gasteiger partial charge in [-0.3, -0.25) is 4.79 Å². The molecular weight excluding hydrogens is 364 g/mol. The highest BCUT2D eigenvalue weighted by Crippen LogP contribution is 2.25. The Morgan fingerprint density at radius 2 is 1.86 bits per heavy atom. The second-order valence-corrected chi connectivity index (χ2v) is 6.87. The monoisotopic (exact) mass is 382 g/mol. The third-order valence-corrected chi connectivity index (χ3v) is 4.93. The van der Waals surface area contributed by atoms with Crippen LogP contribution in [0.15, 0.2) is 83.5 Å². The molecule has 1 N–H and O–H groups in total. The molecule has 1 unspecified atom stereocenters. The summed E-state index contributed by atoms with van der Waals surface area (Å²) in [4.78, 5) is 17.3. The van der Waals surface area contributed by atoms with Crippen LogP contribution in [0.5, 0.6) is 0 Å². The van der Waals surface area contributed by atoms with Crippen LogP contribution in [0.25, 0.3) is 27.9 Å². The van der Waals surface area contributed by atoms with Crippen LogP contribution in [-0.2, 0) is 0 Å². The molecule has 0 fully saturated rings. The lowest BCUT2D eigenvalue weighted by atomic mass is 10.1. The van der Waals surface area contributed by atoms with Crippen molar-refractivity contribution in [2.75, 3.05) is 0 Å². The number of hydrogen-bond donors (Lipinski definition) is 1. The molecule has 29 heavy (non-hydrogen) atoms. The normalized spacial score (nSPS) is 12.3. The molecule has 3 heterocycles. The zero-order valence-electron chi connectivity index (χ0n) is 15.7. The van der Waals surface area contributed by atoms with Crippen molar-refractivity contribution in [1.29, 1.82) is 0 Å². The maximum Gasteiger partial charge on any atom is 0.257 e. The number of carbonyl (C=O) groups is 1. The molecular formula is C23H18N4O2. The van der Waals surface area contributed by atoms with Crippen molar-refractivity contribution in [3.05, 3.63) is 90.4 Å². The highest BCUT2D eigenvalue weighted by Gasteiger charge is 2.20. The van der Waals surface area contributed by atoms with E-state index < -0.39 is 0 Å². The standard InChI is InChI=1S/C23H18N4O2/c1-15(21-13-17-9-5-6-10-20(17)29-21)26-23(28)18-14-25-27-19(11-12-24-22(18)27)16-7-3-2-4-8-16/h2-15H,1H3,(H,26,28). The summed E-state index contributed by atoms with van der Waals surface area (Å²) in [5.41, 5.74) is 3.62. The Morgan fingerprint density at radius 1 is 1.07 bits per heavy atom. The van der Waals surface area contributed by atoms with E-state index in [1.807, 2.05) is 73.7 Å². The van der Waals surface area contributed by atoms with Crippen LogP contribution >= 0.6 is 0 Å². The maximum absolute atomic E-state index is 12.9. The van der Waals surface area contributed by atoms with E-state index in [1.54, 1.807) is 16.9 Å². The van der Waals surface area contributed by atoms with Gasteiger partial charge in [0.15, 0.2) is 5.65 Å². The number of benzene rings is 2. The minimum Gasteiger partial charge on any atom is -0.459 e. The molecule has 2 aromatic carbocycles. The van der Waals surface area contributed by atoms with E-state index in [1.165, 1.54) is 0 Å². The molecule has 1 amide bonds. The van der Waals surface area contributed by atoms with Gasteiger partial charge in [0.25, 0.3) is 5.91 Å². The minimum atomic E-state index is -0.290. The van der Waals surface area contributed by atoms with E-state index in [0.29, 0.717) is 17.0 Å². The van der Waals surface area contributed by atoms with Crippen LogP contribution in [0.4, 0.5) is 0 Å². The predicted molar refractivity (Wildman–Crippen MR) is 111 cm³/mol. The number of rotatable bonds is 4. The van der Waals surface area contributed by atoms with Gasteiger partial charge in [0.2, 0.25) is 0 Å². The molecule has 6 heteroatoms. The summed E-state index contributed by atoms with van der Waals surface area (Å²) in [7, 11) is 0. The van der Waals surface area contributed by atoms with Crippen molar-refractivity contribution in [3.63, 3.8) is 0 Å². The third kappa shape index (κ3) is 3.04. The Hall–Kier alpha value is -3.93. The average Bonchev–Trinajstić information content (AvgIpc) is 3.38. The molecule has 0 aliphatic rings. The number of amides is 1. The first-order valence-electron chi connectivity index (χ1n) is 9.38. The van der Waals surface area contributed by atoms with Crippen LogP contribution in [0.3, 0.4) is 0 Å². The fourth-order valence-electron chi connectivity index (χ4n) is 3.44. The molecule has 0 aliphatic heterocycles. The second-order valence-electron chi connectivity index (χ2n) is 6.87. The number of nitrogens with one attached hydrogen (secondary N) is 1. The summed E-state index contributed by atoms with van der Waals surface area (Å²) in [6.45, 7) is 1.89. The maximum atomic E-state index is 12.9.